The molecule has 2 heterocycles. The van der Waals surface area contributed by atoms with Crippen LogP contribution in [0.5, 0.6) is 11.5 Å². The van der Waals surface area contributed by atoms with Gasteiger partial charge in [0.15, 0.2) is 0 Å². The molecule has 0 radical (unpaired) electrons. The molecule has 1 aliphatic rings. The van der Waals surface area contributed by atoms with Crippen LogP contribution >= 0.6 is 0 Å². The lowest BCUT2D eigenvalue weighted by Gasteiger charge is -2.26. The Morgan fingerprint density at radius 2 is 1.75 bits per heavy atom. The molecule has 1 aliphatic heterocycles. The number of imide groups is 2. The van der Waals surface area contributed by atoms with E-state index in [4.69, 9.17) is 13.9 Å². The maximum absolute atomic E-state index is 13.0. The van der Waals surface area contributed by atoms with Gasteiger partial charge in [0, 0.05) is 5.56 Å². The molecule has 0 aliphatic carbocycles. The average molecular weight is 432 g/mol. The molecule has 2 aromatic carbocycles. The molecule has 0 saturated carbocycles. The van der Waals surface area contributed by atoms with Crippen molar-refractivity contribution in [2.45, 2.75) is 0 Å². The number of carbonyl (C=O) groups is 4. The van der Waals surface area contributed by atoms with Crippen molar-refractivity contribution < 1.29 is 33.1 Å². The second-order valence-corrected chi connectivity index (χ2v) is 6.56. The average Bonchev–Trinajstić information content (AvgIpc) is 3.33. The van der Waals surface area contributed by atoms with Crippen LogP contribution in [0, 0.1) is 0 Å². The van der Waals surface area contributed by atoms with Crippen LogP contribution in [-0.2, 0) is 9.59 Å². The third-order valence-corrected chi connectivity index (χ3v) is 4.58. The molecule has 0 unspecified atom stereocenters. The van der Waals surface area contributed by atoms with Gasteiger partial charge in [-0.2, -0.15) is 0 Å². The van der Waals surface area contributed by atoms with Gasteiger partial charge in [0.25, 0.3) is 11.8 Å². The van der Waals surface area contributed by atoms with E-state index in [1.807, 2.05) is 0 Å². The number of hydrogen-bond donors (Lipinski definition) is 1. The van der Waals surface area contributed by atoms with E-state index in [9.17, 15) is 19.2 Å². The molecule has 1 N–H and O–H groups in total. The van der Waals surface area contributed by atoms with Crippen molar-refractivity contribution in [1.82, 2.24) is 5.32 Å². The topological polar surface area (TPSA) is 115 Å². The fourth-order valence-electron chi connectivity index (χ4n) is 3.02. The largest absolute Gasteiger partial charge is 0.497 e. The standard InChI is InChI=1S/C23H16N2O7/c1-30-16-10-8-15(9-11-16)25-21(27)17(20(26)24-23(25)29)13-14-5-2-3-6-18(14)32-22(28)19-7-4-12-31-19/h2-13H,1H3,(H,24,26,29)/b17-13-. The normalized spacial score (nSPS) is 15.0. The van der Waals surface area contributed by atoms with Crippen molar-refractivity contribution in [2.75, 3.05) is 12.0 Å². The molecule has 1 fully saturated rings. The number of ether oxygens (including phenoxy) is 2. The van der Waals surface area contributed by atoms with Crippen molar-refractivity contribution >= 4 is 35.6 Å². The summed E-state index contributed by atoms with van der Waals surface area (Å²) < 4.78 is 15.4. The molecule has 0 bridgehead atoms. The first-order valence-corrected chi connectivity index (χ1v) is 9.38. The highest BCUT2D eigenvalue weighted by atomic mass is 16.5. The van der Waals surface area contributed by atoms with E-state index in [1.54, 1.807) is 36.4 Å². The second kappa shape index (κ2) is 8.60. The molecule has 3 aromatic rings. The van der Waals surface area contributed by atoms with Crippen LogP contribution in [0.15, 0.2) is 76.9 Å². The lowest BCUT2D eigenvalue weighted by molar-refractivity contribution is -0.122. The molecule has 1 saturated heterocycles. The number of urea groups is 1. The monoisotopic (exact) mass is 432 g/mol. The SMILES string of the molecule is COc1ccc(N2C(=O)NC(=O)/C(=C/c3ccccc3OC(=O)c3ccco3)C2=O)cc1. The molecular formula is C23H16N2O7. The lowest BCUT2D eigenvalue weighted by atomic mass is 10.1. The highest BCUT2D eigenvalue weighted by Crippen LogP contribution is 2.27. The Bertz CT molecular complexity index is 1230. The zero-order valence-corrected chi connectivity index (χ0v) is 16.7. The molecule has 9 nitrogen and oxygen atoms in total. The Morgan fingerprint density at radius 3 is 2.44 bits per heavy atom. The molecule has 4 amide bonds. The van der Waals surface area contributed by atoms with E-state index < -0.39 is 23.8 Å². The van der Waals surface area contributed by atoms with Crippen molar-refractivity contribution in [3.8, 4) is 11.5 Å². The molecule has 32 heavy (non-hydrogen) atoms. The fraction of sp³-hybridized carbons (Fsp3) is 0.0435. The zero-order valence-electron chi connectivity index (χ0n) is 16.7. The number of amides is 4. The minimum atomic E-state index is -0.875. The lowest BCUT2D eigenvalue weighted by Crippen LogP contribution is -2.54. The summed E-state index contributed by atoms with van der Waals surface area (Å²) >= 11 is 0. The quantitative estimate of drug-likeness (QED) is 0.285. The van der Waals surface area contributed by atoms with Crippen LogP contribution in [0.2, 0.25) is 0 Å². The van der Waals surface area contributed by atoms with Crippen LogP contribution in [0.25, 0.3) is 6.08 Å². The first-order valence-electron chi connectivity index (χ1n) is 9.38. The Labute approximate surface area is 181 Å². The van der Waals surface area contributed by atoms with E-state index in [-0.39, 0.29) is 28.3 Å². The first kappa shape index (κ1) is 20.6. The number of methoxy groups -OCH3 is 1. The number of nitrogens with zero attached hydrogens (tertiary/aromatic N) is 1. The van der Waals surface area contributed by atoms with Crippen molar-refractivity contribution in [2.24, 2.45) is 0 Å². The third-order valence-electron chi connectivity index (χ3n) is 4.58. The first-order chi connectivity index (χ1) is 15.5. The van der Waals surface area contributed by atoms with E-state index in [2.05, 4.69) is 5.32 Å². The highest BCUT2D eigenvalue weighted by molar-refractivity contribution is 6.39. The highest BCUT2D eigenvalue weighted by Gasteiger charge is 2.37. The van der Waals surface area contributed by atoms with E-state index in [0.717, 1.165) is 4.90 Å². The van der Waals surface area contributed by atoms with Crippen molar-refractivity contribution in [1.29, 1.82) is 0 Å². The van der Waals surface area contributed by atoms with Gasteiger partial charge >= 0.3 is 12.0 Å². The molecule has 160 valence electrons. The fourth-order valence-corrected chi connectivity index (χ4v) is 3.02. The molecule has 1 aromatic heterocycles. The number of furan rings is 1. The number of rotatable bonds is 5. The summed E-state index contributed by atoms with van der Waals surface area (Å²) in [4.78, 5) is 50.9. The minimum absolute atomic E-state index is 0.00443. The number of barbiturate groups is 1. The number of anilines is 1. The van der Waals surface area contributed by atoms with Gasteiger partial charge in [-0.3, -0.25) is 14.9 Å². The van der Waals surface area contributed by atoms with Crippen molar-refractivity contribution in [3.63, 3.8) is 0 Å². The van der Waals surface area contributed by atoms with E-state index >= 15 is 0 Å². The number of para-hydroxylation sites is 1. The number of carbonyl (C=O) groups excluding carboxylic acids is 4. The van der Waals surface area contributed by atoms with Crippen LogP contribution in [0.1, 0.15) is 16.1 Å². The summed E-state index contributed by atoms with van der Waals surface area (Å²) in [6, 6.07) is 14.7. The zero-order chi connectivity index (χ0) is 22.7. The smallest absolute Gasteiger partial charge is 0.379 e. The summed E-state index contributed by atoms with van der Waals surface area (Å²) in [7, 11) is 1.49. The predicted molar refractivity (Wildman–Crippen MR) is 112 cm³/mol. The summed E-state index contributed by atoms with van der Waals surface area (Å²) in [5, 5.41) is 2.14. The number of esters is 1. The van der Waals surface area contributed by atoms with Crippen molar-refractivity contribution in [3.05, 3.63) is 83.8 Å². The Kier molecular flexibility index (Phi) is 5.54. The van der Waals surface area contributed by atoms with Gasteiger partial charge in [-0.25, -0.2) is 14.5 Å². The summed E-state index contributed by atoms with van der Waals surface area (Å²) in [6.45, 7) is 0. The summed E-state index contributed by atoms with van der Waals surface area (Å²) in [5.74, 6) is -1.79. The van der Waals surface area contributed by atoms with Gasteiger partial charge in [0.1, 0.15) is 17.1 Å². The van der Waals surface area contributed by atoms with Gasteiger partial charge in [-0.05, 0) is 48.5 Å². The molecule has 0 atom stereocenters. The number of hydrogen-bond acceptors (Lipinski definition) is 7. The third kappa shape index (κ3) is 3.99. The van der Waals surface area contributed by atoms with Crippen LogP contribution in [-0.4, -0.2) is 30.9 Å². The second-order valence-electron chi connectivity index (χ2n) is 6.56. The summed E-state index contributed by atoms with van der Waals surface area (Å²) in [6.07, 6.45) is 2.59. The van der Waals surface area contributed by atoms with E-state index in [1.165, 1.54) is 43.7 Å². The molecule has 9 heteroatoms. The van der Waals surface area contributed by atoms with Crippen LogP contribution in [0.3, 0.4) is 0 Å². The van der Waals surface area contributed by atoms with Gasteiger partial charge < -0.3 is 13.9 Å². The molecule has 4 rings (SSSR count). The number of benzene rings is 2. The molecule has 0 spiro atoms. The van der Waals surface area contributed by atoms with Gasteiger partial charge in [0.05, 0.1) is 19.1 Å². The van der Waals surface area contributed by atoms with Crippen LogP contribution < -0.4 is 19.7 Å². The minimum Gasteiger partial charge on any atom is -0.497 e. The summed E-state index contributed by atoms with van der Waals surface area (Å²) in [5.41, 5.74) is 0.237. The van der Waals surface area contributed by atoms with Gasteiger partial charge in [-0.1, -0.05) is 18.2 Å². The number of nitrogens with one attached hydrogen (secondary N) is 1. The van der Waals surface area contributed by atoms with Gasteiger partial charge in [-0.15, -0.1) is 0 Å². The maximum atomic E-state index is 13.0. The molecular weight excluding hydrogens is 416 g/mol. The Morgan fingerprint density at radius 1 is 1.00 bits per heavy atom. The van der Waals surface area contributed by atoms with E-state index in [0.29, 0.717) is 5.75 Å². The predicted octanol–water partition coefficient (Wildman–Crippen LogP) is 3.17. The Balaban J connectivity index is 1.67. The Hall–Kier alpha value is -4.66. The maximum Gasteiger partial charge on any atom is 0.379 e. The van der Waals surface area contributed by atoms with Crippen LogP contribution in [0.4, 0.5) is 10.5 Å². The van der Waals surface area contributed by atoms with Gasteiger partial charge in [0.2, 0.25) is 5.76 Å².